The number of likely N-dealkylation sites (N-methyl/N-ethyl adjacent to an activating group) is 1. The van der Waals surface area contributed by atoms with E-state index in [-0.39, 0.29) is 29.4 Å². The number of benzene rings is 2. The van der Waals surface area contributed by atoms with E-state index in [4.69, 9.17) is 11.6 Å². The highest BCUT2D eigenvalue weighted by molar-refractivity contribution is 6.45. The topological polar surface area (TPSA) is 65.9 Å². The van der Waals surface area contributed by atoms with Gasteiger partial charge in [-0.25, -0.2) is 4.39 Å². The second-order valence-corrected chi connectivity index (χ2v) is 10.2. The Hall–Kier alpha value is -3.23. The van der Waals surface area contributed by atoms with Crippen LogP contribution in [-0.4, -0.2) is 76.1 Å². The summed E-state index contributed by atoms with van der Waals surface area (Å²) >= 11 is 6.56. The third-order valence-corrected chi connectivity index (χ3v) is 7.14. The van der Waals surface area contributed by atoms with Crippen molar-refractivity contribution in [1.82, 2.24) is 19.3 Å². The van der Waals surface area contributed by atoms with Gasteiger partial charge in [-0.05, 0) is 43.7 Å². The molecular weight excluding hydrogens is 483 g/mol. The van der Waals surface area contributed by atoms with Crippen LogP contribution in [0.3, 0.4) is 0 Å². The van der Waals surface area contributed by atoms with Crippen LogP contribution in [0.2, 0.25) is 5.02 Å². The molecule has 1 aliphatic heterocycles. The van der Waals surface area contributed by atoms with Crippen LogP contribution in [0.15, 0.2) is 42.6 Å². The van der Waals surface area contributed by atoms with Crippen LogP contribution >= 0.6 is 11.6 Å². The lowest BCUT2D eigenvalue weighted by molar-refractivity contribution is -0.124. The number of amides is 2. The molecule has 0 bridgehead atoms. The zero-order valence-electron chi connectivity index (χ0n) is 21.1. The Kier molecular flexibility index (Phi) is 7.20. The maximum absolute atomic E-state index is 13.7. The van der Waals surface area contributed by atoms with Crippen molar-refractivity contribution in [2.45, 2.75) is 32.5 Å². The van der Waals surface area contributed by atoms with E-state index in [2.05, 4.69) is 11.8 Å². The summed E-state index contributed by atoms with van der Waals surface area (Å²) in [7, 11) is 4.81. The molecule has 2 aromatic carbocycles. The van der Waals surface area contributed by atoms with Crippen LogP contribution in [-0.2, 0) is 18.4 Å². The summed E-state index contributed by atoms with van der Waals surface area (Å²) in [6, 6.07) is 9.74. The summed E-state index contributed by atoms with van der Waals surface area (Å²) in [5, 5.41) is 0.807. The number of aromatic nitrogens is 1. The molecule has 3 aromatic rings. The number of Topliss-reactive ketones (excluding diaryl/α,β-unsaturated/α-hetero) is 1. The fourth-order valence-electron chi connectivity index (χ4n) is 4.75. The molecule has 190 valence electrons. The summed E-state index contributed by atoms with van der Waals surface area (Å²) in [5.41, 5.74) is 2.21. The number of fused-ring (bicyclic) bond motifs is 1. The summed E-state index contributed by atoms with van der Waals surface area (Å²) in [6.07, 6.45) is 1.60. The average Bonchev–Trinajstić information content (AvgIpc) is 3.15. The molecule has 1 aliphatic rings. The van der Waals surface area contributed by atoms with Crippen molar-refractivity contribution in [3.63, 3.8) is 0 Å². The number of carbonyl (C=O) groups is 3. The number of hydrogen-bond acceptors (Lipinski definition) is 4. The molecule has 36 heavy (non-hydrogen) atoms. The number of halogens is 2. The number of piperazine rings is 1. The van der Waals surface area contributed by atoms with E-state index in [1.807, 2.05) is 6.92 Å². The van der Waals surface area contributed by atoms with Crippen molar-refractivity contribution >= 4 is 40.1 Å². The van der Waals surface area contributed by atoms with Crippen molar-refractivity contribution in [3.8, 4) is 0 Å². The highest BCUT2D eigenvalue weighted by Gasteiger charge is 2.34. The van der Waals surface area contributed by atoms with Crippen LogP contribution in [0.1, 0.15) is 40.1 Å². The first kappa shape index (κ1) is 25.9. The molecule has 0 radical (unpaired) electrons. The molecule has 2 amide bonds. The van der Waals surface area contributed by atoms with Gasteiger partial charge >= 0.3 is 0 Å². The molecule has 0 N–H and O–H groups in total. The van der Waals surface area contributed by atoms with Crippen molar-refractivity contribution in [2.75, 3.05) is 27.2 Å². The fourth-order valence-corrected chi connectivity index (χ4v) is 4.99. The molecule has 1 saturated heterocycles. The molecule has 2 heterocycles. The Balaban J connectivity index is 1.60. The number of carbonyl (C=O) groups excluding carboxylic acids is 3. The van der Waals surface area contributed by atoms with E-state index in [0.717, 1.165) is 5.56 Å². The van der Waals surface area contributed by atoms with Gasteiger partial charge in [0.1, 0.15) is 5.82 Å². The van der Waals surface area contributed by atoms with Crippen LogP contribution in [0.4, 0.5) is 4.39 Å². The summed E-state index contributed by atoms with van der Waals surface area (Å²) in [4.78, 5) is 44.1. The minimum absolute atomic E-state index is 0.0734. The van der Waals surface area contributed by atoms with Gasteiger partial charge in [-0.2, -0.15) is 0 Å². The van der Waals surface area contributed by atoms with Gasteiger partial charge in [0.15, 0.2) is 0 Å². The highest BCUT2D eigenvalue weighted by Crippen LogP contribution is 2.30. The molecule has 0 spiro atoms. The maximum atomic E-state index is 13.7. The number of hydrogen-bond donors (Lipinski definition) is 0. The minimum atomic E-state index is -0.636. The van der Waals surface area contributed by atoms with Gasteiger partial charge < -0.3 is 14.4 Å². The first-order valence-corrected chi connectivity index (χ1v) is 12.2. The lowest BCUT2D eigenvalue weighted by atomic mass is 10.0. The van der Waals surface area contributed by atoms with Crippen LogP contribution < -0.4 is 0 Å². The second kappa shape index (κ2) is 10.0. The van der Waals surface area contributed by atoms with Gasteiger partial charge in [-0.3, -0.25) is 19.3 Å². The Labute approximate surface area is 215 Å². The molecular formula is C27H30ClFN4O3. The smallest absolute Gasteiger partial charge is 0.294 e. The van der Waals surface area contributed by atoms with Crippen molar-refractivity contribution in [1.29, 1.82) is 0 Å². The second-order valence-electron chi connectivity index (χ2n) is 9.74. The molecule has 1 fully saturated rings. The van der Waals surface area contributed by atoms with E-state index in [1.165, 1.54) is 31.1 Å². The van der Waals surface area contributed by atoms with Gasteiger partial charge in [-0.15, -0.1) is 0 Å². The summed E-state index contributed by atoms with van der Waals surface area (Å²) in [5.74, 6) is -1.75. The standard InChI is InChI=1S/C27H30ClFN4O3/c1-16-13-33(17(2)12-32(16)14-18-6-8-19(29)9-7-18)26(35)21-10-20-22(25(34)27(36)30(3)4)15-31(5)24(20)11-23(21)28/h6-11,15-17H,12-14H2,1-5H3/t16-,17?/m0/s1. The van der Waals surface area contributed by atoms with Crippen molar-refractivity contribution < 1.29 is 18.8 Å². The molecule has 2 atom stereocenters. The maximum Gasteiger partial charge on any atom is 0.294 e. The van der Waals surface area contributed by atoms with Crippen molar-refractivity contribution in [2.24, 2.45) is 7.05 Å². The first-order chi connectivity index (χ1) is 17.0. The Bertz CT molecular complexity index is 1340. The van der Waals surface area contributed by atoms with E-state index >= 15 is 0 Å². The van der Waals surface area contributed by atoms with Gasteiger partial charge in [-0.1, -0.05) is 23.7 Å². The lowest BCUT2D eigenvalue weighted by Crippen LogP contribution is -2.57. The Morgan fingerprint density at radius 3 is 2.33 bits per heavy atom. The zero-order valence-corrected chi connectivity index (χ0v) is 21.8. The average molecular weight is 513 g/mol. The van der Waals surface area contributed by atoms with E-state index in [9.17, 15) is 18.8 Å². The van der Waals surface area contributed by atoms with Gasteiger partial charge in [0.25, 0.3) is 17.6 Å². The molecule has 9 heteroatoms. The largest absolute Gasteiger partial charge is 0.350 e. The van der Waals surface area contributed by atoms with Crippen LogP contribution in [0.25, 0.3) is 10.9 Å². The van der Waals surface area contributed by atoms with E-state index in [1.54, 1.807) is 47.0 Å². The SMILES string of the molecule is CC1CN(Cc2ccc(F)cc2)[C@@H](C)CN1C(=O)c1cc2c(C(=O)C(=O)N(C)C)cn(C)c2cc1Cl. The Morgan fingerprint density at radius 1 is 1.03 bits per heavy atom. The predicted molar refractivity (Wildman–Crippen MR) is 138 cm³/mol. The molecule has 4 rings (SSSR count). The highest BCUT2D eigenvalue weighted by atomic mass is 35.5. The van der Waals surface area contributed by atoms with E-state index < -0.39 is 11.7 Å². The fraction of sp³-hybridized carbons (Fsp3) is 0.370. The molecule has 1 unspecified atom stereocenters. The van der Waals surface area contributed by atoms with Crippen molar-refractivity contribution in [3.05, 3.63) is 70.1 Å². The molecule has 0 saturated carbocycles. The third-order valence-electron chi connectivity index (χ3n) is 6.83. The lowest BCUT2D eigenvalue weighted by Gasteiger charge is -2.44. The summed E-state index contributed by atoms with van der Waals surface area (Å²) < 4.78 is 15.0. The quantitative estimate of drug-likeness (QED) is 0.383. The van der Waals surface area contributed by atoms with Crippen LogP contribution in [0, 0.1) is 5.82 Å². The predicted octanol–water partition coefficient (Wildman–Crippen LogP) is 3.98. The summed E-state index contributed by atoms with van der Waals surface area (Å²) in [6.45, 7) is 5.85. The first-order valence-electron chi connectivity index (χ1n) is 11.8. The number of rotatable bonds is 5. The van der Waals surface area contributed by atoms with E-state index in [0.29, 0.717) is 41.1 Å². The number of aryl methyl sites for hydroxylation is 1. The van der Waals surface area contributed by atoms with Crippen LogP contribution in [0.5, 0.6) is 0 Å². The Morgan fingerprint density at radius 2 is 1.69 bits per heavy atom. The monoisotopic (exact) mass is 512 g/mol. The molecule has 0 aliphatic carbocycles. The normalized spacial score (nSPS) is 18.5. The van der Waals surface area contributed by atoms with Gasteiger partial charge in [0.2, 0.25) is 0 Å². The number of ketones is 1. The molecule has 7 nitrogen and oxygen atoms in total. The minimum Gasteiger partial charge on any atom is -0.350 e. The zero-order chi connectivity index (χ0) is 26.3. The third kappa shape index (κ3) is 4.88. The van der Waals surface area contributed by atoms with Gasteiger partial charge in [0.05, 0.1) is 21.7 Å². The number of nitrogens with zero attached hydrogens (tertiary/aromatic N) is 4. The van der Waals surface area contributed by atoms with Gasteiger partial charge in [0, 0.05) is 64.4 Å². The molecule has 1 aromatic heterocycles.